The molecule has 0 amide bonds. The van der Waals surface area contributed by atoms with Gasteiger partial charge in [0, 0.05) is 12.6 Å². The summed E-state index contributed by atoms with van der Waals surface area (Å²) in [7, 11) is 0. The van der Waals surface area contributed by atoms with Gasteiger partial charge in [-0.05, 0) is 30.7 Å². The predicted octanol–water partition coefficient (Wildman–Crippen LogP) is 1.74. The van der Waals surface area contributed by atoms with Crippen LogP contribution in [0.3, 0.4) is 0 Å². The van der Waals surface area contributed by atoms with E-state index in [1.54, 1.807) is 19.1 Å². The van der Waals surface area contributed by atoms with Gasteiger partial charge in [-0.15, -0.1) is 0 Å². The van der Waals surface area contributed by atoms with E-state index in [1.165, 1.54) is 0 Å². The third-order valence-electron chi connectivity index (χ3n) is 2.28. The minimum Gasteiger partial charge on any atom is -0.329 e. The van der Waals surface area contributed by atoms with Crippen molar-refractivity contribution in [1.29, 1.82) is 0 Å². The first kappa shape index (κ1) is 11.1. The standard InChI is InChI=1S/C11H17FN2/c1-3-14-11(7-13)9-5-4-8(2)10(12)6-9/h4-6,11,14H,3,7,13H2,1-2H3. The fraction of sp³-hybridized carbons (Fsp3) is 0.455. The zero-order chi connectivity index (χ0) is 10.6. The number of benzene rings is 1. The summed E-state index contributed by atoms with van der Waals surface area (Å²) in [4.78, 5) is 0. The van der Waals surface area contributed by atoms with Crippen LogP contribution in [0.15, 0.2) is 18.2 Å². The average molecular weight is 196 g/mol. The van der Waals surface area contributed by atoms with Gasteiger partial charge in [0.15, 0.2) is 0 Å². The Morgan fingerprint density at radius 2 is 2.21 bits per heavy atom. The number of likely N-dealkylation sites (N-methyl/N-ethyl adjacent to an activating group) is 1. The largest absolute Gasteiger partial charge is 0.329 e. The van der Waals surface area contributed by atoms with Crippen LogP contribution in [0.1, 0.15) is 24.1 Å². The van der Waals surface area contributed by atoms with Crippen LogP contribution in [0.2, 0.25) is 0 Å². The number of nitrogens with two attached hydrogens (primary N) is 1. The van der Waals surface area contributed by atoms with Gasteiger partial charge < -0.3 is 11.1 Å². The molecule has 14 heavy (non-hydrogen) atoms. The van der Waals surface area contributed by atoms with Crippen LogP contribution in [0.5, 0.6) is 0 Å². The summed E-state index contributed by atoms with van der Waals surface area (Å²) in [5.41, 5.74) is 7.18. The van der Waals surface area contributed by atoms with Crippen LogP contribution in [0, 0.1) is 12.7 Å². The minimum absolute atomic E-state index is 0.0510. The highest BCUT2D eigenvalue weighted by molar-refractivity contribution is 5.26. The zero-order valence-corrected chi connectivity index (χ0v) is 8.68. The number of hydrogen-bond acceptors (Lipinski definition) is 2. The van der Waals surface area contributed by atoms with Crippen LogP contribution in [-0.4, -0.2) is 13.1 Å². The summed E-state index contributed by atoms with van der Waals surface area (Å²) in [6.45, 7) is 5.07. The fourth-order valence-corrected chi connectivity index (χ4v) is 1.41. The Kier molecular flexibility index (Phi) is 4.04. The van der Waals surface area contributed by atoms with Gasteiger partial charge >= 0.3 is 0 Å². The van der Waals surface area contributed by atoms with Crippen molar-refractivity contribution in [3.05, 3.63) is 35.1 Å². The van der Waals surface area contributed by atoms with Gasteiger partial charge in [0.2, 0.25) is 0 Å². The van der Waals surface area contributed by atoms with E-state index >= 15 is 0 Å². The van der Waals surface area contributed by atoms with Crippen molar-refractivity contribution in [2.45, 2.75) is 19.9 Å². The molecule has 0 radical (unpaired) electrons. The second kappa shape index (κ2) is 5.08. The number of hydrogen-bond donors (Lipinski definition) is 2. The van der Waals surface area contributed by atoms with Crippen LogP contribution < -0.4 is 11.1 Å². The summed E-state index contributed by atoms with van der Waals surface area (Å²) in [6.07, 6.45) is 0. The zero-order valence-electron chi connectivity index (χ0n) is 8.68. The van der Waals surface area contributed by atoms with E-state index in [9.17, 15) is 4.39 Å². The molecule has 78 valence electrons. The molecule has 0 bridgehead atoms. The molecule has 1 rings (SSSR count). The first-order valence-corrected chi connectivity index (χ1v) is 4.88. The lowest BCUT2D eigenvalue weighted by Gasteiger charge is -2.16. The predicted molar refractivity (Wildman–Crippen MR) is 56.6 cm³/mol. The summed E-state index contributed by atoms with van der Waals surface area (Å²) in [5, 5.41) is 3.20. The average Bonchev–Trinajstić information content (AvgIpc) is 2.19. The highest BCUT2D eigenvalue weighted by Gasteiger charge is 2.09. The molecule has 0 saturated carbocycles. The maximum atomic E-state index is 13.2. The van der Waals surface area contributed by atoms with Crippen molar-refractivity contribution in [2.75, 3.05) is 13.1 Å². The topological polar surface area (TPSA) is 38.0 Å². The molecule has 0 aliphatic heterocycles. The minimum atomic E-state index is -0.168. The monoisotopic (exact) mass is 196 g/mol. The van der Waals surface area contributed by atoms with Crippen molar-refractivity contribution in [3.63, 3.8) is 0 Å². The molecule has 1 aromatic rings. The van der Waals surface area contributed by atoms with Gasteiger partial charge in [0.1, 0.15) is 5.82 Å². The number of aryl methyl sites for hydroxylation is 1. The lowest BCUT2D eigenvalue weighted by Crippen LogP contribution is -2.28. The second-order valence-corrected chi connectivity index (χ2v) is 3.35. The molecule has 3 heteroatoms. The number of rotatable bonds is 4. The second-order valence-electron chi connectivity index (χ2n) is 3.35. The Morgan fingerprint density at radius 3 is 2.71 bits per heavy atom. The van der Waals surface area contributed by atoms with Crippen LogP contribution >= 0.6 is 0 Å². The van der Waals surface area contributed by atoms with Crippen molar-refractivity contribution in [3.8, 4) is 0 Å². The molecule has 0 aromatic heterocycles. The van der Waals surface area contributed by atoms with Crippen molar-refractivity contribution in [2.24, 2.45) is 5.73 Å². The first-order valence-electron chi connectivity index (χ1n) is 4.88. The smallest absolute Gasteiger partial charge is 0.126 e. The van der Waals surface area contributed by atoms with E-state index in [4.69, 9.17) is 5.73 Å². The number of nitrogens with one attached hydrogen (secondary N) is 1. The molecule has 0 fully saturated rings. The highest BCUT2D eigenvalue weighted by Crippen LogP contribution is 2.15. The van der Waals surface area contributed by atoms with E-state index in [2.05, 4.69) is 5.32 Å². The molecule has 1 unspecified atom stereocenters. The molecule has 0 aliphatic carbocycles. The molecule has 0 aliphatic rings. The van der Waals surface area contributed by atoms with E-state index < -0.39 is 0 Å². The maximum Gasteiger partial charge on any atom is 0.126 e. The maximum absolute atomic E-state index is 13.2. The molecule has 1 atom stereocenters. The van der Waals surface area contributed by atoms with E-state index in [1.807, 2.05) is 13.0 Å². The van der Waals surface area contributed by atoms with Gasteiger partial charge in [-0.1, -0.05) is 19.1 Å². The Labute approximate surface area is 84.3 Å². The highest BCUT2D eigenvalue weighted by atomic mass is 19.1. The normalized spacial score (nSPS) is 12.9. The van der Waals surface area contributed by atoms with Crippen molar-refractivity contribution < 1.29 is 4.39 Å². The lowest BCUT2D eigenvalue weighted by atomic mass is 10.0. The van der Waals surface area contributed by atoms with Gasteiger partial charge in [-0.25, -0.2) is 4.39 Å². The van der Waals surface area contributed by atoms with Gasteiger partial charge in [-0.3, -0.25) is 0 Å². The van der Waals surface area contributed by atoms with Crippen LogP contribution in [0.25, 0.3) is 0 Å². The Balaban J connectivity index is 2.88. The van der Waals surface area contributed by atoms with E-state index in [0.29, 0.717) is 12.1 Å². The van der Waals surface area contributed by atoms with Gasteiger partial charge in [0.25, 0.3) is 0 Å². The first-order chi connectivity index (χ1) is 6.69. The van der Waals surface area contributed by atoms with Crippen LogP contribution in [0.4, 0.5) is 4.39 Å². The summed E-state index contributed by atoms with van der Waals surface area (Å²) < 4.78 is 13.2. The summed E-state index contributed by atoms with van der Waals surface area (Å²) >= 11 is 0. The third-order valence-corrected chi connectivity index (χ3v) is 2.28. The Morgan fingerprint density at radius 1 is 1.50 bits per heavy atom. The van der Waals surface area contributed by atoms with Crippen LogP contribution in [-0.2, 0) is 0 Å². The molecule has 1 aromatic carbocycles. The molecular formula is C11H17FN2. The molecular weight excluding hydrogens is 179 g/mol. The van der Waals surface area contributed by atoms with Crippen molar-refractivity contribution >= 4 is 0 Å². The summed E-state index contributed by atoms with van der Waals surface area (Å²) in [6, 6.07) is 5.30. The SMILES string of the molecule is CCNC(CN)c1ccc(C)c(F)c1. The molecule has 0 heterocycles. The molecule has 3 N–H and O–H groups in total. The Bertz CT molecular complexity index is 299. The third kappa shape index (κ3) is 2.53. The molecule has 2 nitrogen and oxygen atoms in total. The molecule has 0 saturated heterocycles. The van der Waals surface area contributed by atoms with Gasteiger partial charge in [-0.2, -0.15) is 0 Å². The van der Waals surface area contributed by atoms with E-state index in [-0.39, 0.29) is 11.9 Å². The lowest BCUT2D eigenvalue weighted by molar-refractivity contribution is 0.552. The Hall–Kier alpha value is -0.930. The van der Waals surface area contributed by atoms with Gasteiger partial charge in [0.05, 0.1) is 0 Å². The summed E-state index contributed by atoms with van der Waals surface area (Å²) in [5.74, 6) is -0.168. The van der Waals surface area contributed by atoms with E-state index in [0.717, 1.165) is 12.1 Å². The fourth-order valence-electron chi connectivity index (χ4n) is 1.41. The molecule has 0 spiro atoms. The quantitative estimate of drug-likeness (QED) is 0.769. The van der Waals surface area contributed by atoms with Crippen molar-refractivity contribution in [1.82, 2.24) is 5.32 Å². The number of halogens is 1.